The van der Waals surface area contributed by atoms with Gasteiger partial charge in [-0.25, -0.2) is 0 Å². The summed E-state index contributed by atoms with van der Waals surface area (Å²) in [6.45, 7) is 1.58. The number of benzene rings is 2. The first kappa shape index (κ1) is 13.3. The van der Waals surface area contributed by atoms with E-state index in [2.05, 4.69) is 33.4 Å². The molecule has 2 aromatic carbocycles. The molecule has 0 saturated heterocycles. The second-order valence-corrected chi connectivity index (χ2v) is 5.72. The standard InChI is InChI=1S/C16H16BrNO2/c1-19-14-7-12(17)6-13(8-14)18-9-11-10-20-16-5-3-2-4-15(11)16/h2-8,11,18H,9-10H2,1H3. The lowest BCUT2D eigenvalue weighted by molar-refractivity contribution is 0.334. The van der Waals surface area contributed by atoms with Crippen molar-refractivity contribution in [1.82, 2.24) is 0 Å². The van der Waals surface area contributed by atoms with Gasteiger partial charge in [0.05, 0.1) is 13.7 Å². The van der Waals surface area contributed by atoms with E-state index in [9.17, 15) is 0 Å². The largest absolute Gasteiger partial charge is 0.497 e. The van der Waals surface area contributed by atoms with Crippen LogP contribution in [0.1, 0.15) is 11.5 Å². The second kappa shape index (κ2) is 5.75. The van der Waals surface area contributed by atoms with E-state index in [1.165, 1.54) is 5.56 Å². The van der Waals surface area contributed by atoms with Crippen molar-refractivity contribution >= 4 is 21.6 Å². The fraction of sp³-hybridized carbons (Fsp3) is 0.250. The Morgan fingerprint density at radius 2 is 2.15 bits per heavy atom. The van der Waals surface area contributed by atoms with E-state index >= 15 is 0 Å². The van der Waals surface area contributed by atoms with Gasteiger partial charge >= 0.3 is 0 Å². The highest BCUT2D eigenvalue weighted by Gasteiger charge is 2.23. The van der Waals surface area contributed by atoms with Gasteiger partial charge in [0.15, 0.2) is 0 Å². The number of fused-ring (bicyclic) bond motifs is 1. The Morgan fingerprint density at radius 3 is 3.00 bits per heavy atom. The summed E-state index contributed by atoms with van der Waals surface area (Å²) in [5.41, 5.74) is 2.32. The molecule has 0 spiro atoms. The molecule has 0 saturated carbocycles. The first-order valence-electron chi connectivity index (χ1n) is 6.56. The fourth-order valence-electron chi connectivity index (χ4n) is 2.42. The third-order valence-electron chi connectivity index (χ3n) is 3.46. The van der Waals surface area contributed by atoms with Crippen LogP contribution in [0.15, 0.2) is 46.9 Å². The van der Waals surface area contributed by atoms with Gasteiger partial charge in [-0.3, -0.25) is 0 Å². The van der Waals surface area contributed by atoms with Crippen molar-refractivity contribution in [1.29, 1.82) is 0 Å². The molecule has 20 heavy (non-hydrogen) atoms. The molecule has 3 nitrogen and oxygen atoms in total. The number of ether oxygens (including phenoxy) is 2. The Balaban J connectivity index is 1.70. The zero-order valence-electron chi connectivity index (χ0n) is 11.2. The van der Waals surface area contributed by atoms with Crippen LogP contribution >= 0.6 is 15.9 Å². The summed E-state index contributed by atoms with van der Waals surface area (Å²) in [5, 5.41) is 3.45. The molecular weight excluding hydrogens is 318 g/mol. The Kier molecular flexibility index (Phi) is 3.83. The van der Waals surface area contributed by atoms with Crippen molar-refractivity contribution in [3.05, 3.63) is 52.5 Å². The zero-order valence-corrected chi connectivity index (χ0v) is 12.8. The van der Waals surface area contributed by atoms with Gasteiger partial charge in [0.2, 0.25) is 0 Å². The van der Waals surface area contributed by atoms with Crippen molar-refractivity contribution < 1.29 is 9.47 Å². The number of halogens is 1. The summed E-state index contributed by atoms with van der Waals surface area (Å²) in [5.74, 6) is 2.23. The molecule has 104 valence electrons. The smallest absolute Gasteiger partial charge is 0.122 e. The molecule has 0 amide bonds. The normalized spacial score (nSPS) is 16.4. The van der Waals surface area contributed by atoms with Crippen LogP contribution in [0.4, 0.5) is 5.69 Å². The van der Waals surface area contributed by atoms with Crippen molar-refractivity contribution in [2.24, 2.45) is 0 Å². The van der Waals surface area contributed by atoms with E-state index in [0.717, 1.165) is 34.8 Å². The Labute approximate surface area is 127 Å². The fourth-order valence-corrected chi connectivity index (χ4v) is 2.89. The molecule has 0 aromatic heterocycles. The van der Waals surface area contributed by atoms with Crippen LogP contribution in [0.5, 0.6) is 11.5 Å². The maximum absolute atomic E-state index is 5.69. The Bertz CT molecular complexity index is 615. The number of methoxy groups -OCH3 is 1. The van der Waals surface area contributed by atoms with E-state index < -0.39 is 0 Å². The zero-order chi connectivity index (χ0) is 13.9. The predicted molar refractivity (Wildman–Crippen MR) is 83.9 cm³/mol. The number of rotatable bonds is 4. The Hall–Kier alpha value is -1.68. The minimum atomic E-state index is 0.385. The van der Waals surface area contributed by atoms with Gasteiger partial charge in [-0.15, -0.1) is 0 Å². The van der Waals surface area contributed by atoms with Crippen LogP contribution in [-0.2, 0) is 0 Å². The van der Waals surface area contributed by atoms with Crippen molar-refractivity contribution in [2.45, 2.75) is 5.92 Å². The third kappa shape index (κ3) is 2.75. The minimum Gasteiger partial charge on any atom is -0.497 e. The highest BCUT2D eigenvalue weighted by Crippen LogP contribution is 2.34. The first-order chi connectivity index (χ1) is 9.76. The van der Waals surface area contributed by atoms with Crippen LogP contribution in [0.2, 0.25) is 0 Å². The molecule has 3 rings (SSSR count). The van der Waals surface area contributed by atoms with Crippen molar-refractivity contribution in [3.63, 3.8) is 0 Å². The minimum absolute atomic E-state index is 0.385. The molecule has 1 unspecified atom stereocenters. The molecule has 1 N–H and O–H groups in total. The highest BCUT2D eigenvalue weighted by molar-refractivity contribution is 9.10. The molecule has 0 fully saturated rings. The van der Waals surface area contributed by atoms with Crippen molar-refractivity contribution in [3.8, 4) is 11.5 Å². The van der Waals surface area contributed by atoms with Gasteiger partial charge in [-0.1, -0.05) is 34.1 Å². The van der Waals surface area contributed by atoms with E-state index in [-0.39, 0.29) is 0 Å². The molecule has 2 aromatic rings. The quantitative estimate of drug-likeness (QED) is 0.915. The van der Waals surface area contributed by atoms with Gasteiger partial charge in [0, 0.05) is 34.3 Å². The van der Waals surface area contributed by atoms with Gasteiger partial charge in [0.25, 0.3) is 0 Å². The van der Waals surface area contributed by atoms with Crippen LogP contribution in [0.25, 0.3) is 0 Å². The van der Waals surface area contributed by atoms with Crippen LogP contribution in [-0.4, -0.2) is 20.3 Å². The maximum Gasteiger partial charge on any atom is 0.122 e. The lowest BCUT2D eigenvalue weighted by Gasteiger charge is -2.13. The second-order valence-electron chi connectivity index (χ2n) is 4.81. The number of anilines is 1. The average molecular weight is 334 g/mol. The molecule has 4 heteroatoms. The van der Waals surface area contributed by atoms with Crippen molar-refractivity contribution in [2.75, 3.05) is 25.6 Å². The summed E-state index contributed by atoms with van der Waals surface area (Å²) in [7, 11) is 1.67. The molecule has 1 aliphatic rings. The summed E-state index contributed by atoms with van der Waals surface area (Å²) < 4.78 is 12.0. The van der Waals surface area contributed by atoms with Gasteiger partial charge < -0.3 is 14.8 Å². The summed E-state index contributed by atoms with van der Waals surface area (Å²) >= 11 is 3.49. The van der Waals surface area contributed by atoms with E-state index in [1.807, 2.05) is 30.3 Å². The van der Waals surface area contributed by atoms with Gasteiger partial charge in [-0.05, 0) is 18.2 Å². The topological polar surface area (TPSA) is 30.5 Å². The number of para-hydroxylation sites is 1. The molecule has 0 bridgehead atoms. The number of hydrogen-bond donors (Lipinski definition) is 1. The van der Waals surface area contributed by atoms with Crippen LogP contribution in [0.3, 0.4) is 0 Å². The van der Waals surface area contributed by atoms with Crippen LogP contribution in [0, 0.1) is 0 Å². The number of hydrogen-bond acceptors (Lipinski definition) is 3. The monoisotopic (exact) mass is 333 g/mol. The molecule has 1 heterocycles. The molecule has 0 radical (unpaired) electrons. The molecule has 1 aliphatic heterocycles. The van der Waals surface area contributed by atoms with E-state index in [0.29, 0.717) is 5.92 Å². The third-order valence-corrected chi connectivity index (χ3v) is 3.92. The van der Waals surface area contributed by atoms with E-state index in [1.54, 1.807) is 7.11 Å². The molecular formula is C16H16BrNO2. The molecule has 0 aliphatic carbocycles. The summed E-state index contributed by atoms with van der Waals surface area (Å²) in [6, 6.07) is 14.2. The lowest BCUT2D eigenvalue weighted by Crippen LogP contribution is -2.13. The van der Waals surface area contributed by atoms with E-state index in [4.69, 9.17) is 9.47 Å². The lowest BCUT2D eigenvalue weighted by atomic mass is 10.0. The summed E-state index contributed by atoms with van der Waals surface area (Å²) in [6.07, 6.45) is 0. The van der Waals surface area contributed by atoms with Gasteiger partial charge in [0.1, 0.15) is 11.5 Å². The average Bonchev–Trinajstić information content (AvgIpc) is 2.88. The van der Waals surface area contributed by atoms with Crippen LogP contribution < -0.4 is 14.8 Å². The predicted octanol–water partition coefficient (Wildman–Crippen LogP) is 4.05. The Morgan fingerprint density at radius 1 is 1.30 bits per heavy atom. The van der Waals surface area contributed by atoms with Gasteiger partial charge in [-0.2, -0.15) is 0 Å². The molecule has 1 atom stereocenters. The first-order valence-corrected chi connectivity index (χ1v) is 7.36. The maximum atomic E-state index is 5.69. The highest BCUT2D eigenvalue weighted by atomic mass is 79.9. The summed E-state index contributed by atoms with van der Waals surface area (Å²) in [4.78, 5) is 0. The number of nitrogens with one attached hydrogen (secondary N) is 1. The SMILES string of the molecule is COc1cc(Br)cc(NCC2COc3ccccc32)c1.